The zero-order valence-electron chi connectivity index (χ0n) is 12.5. The second-order valence-electron chi connectivity index (χ2n) is 6.24. The summed E-state index contributed by atoms with van der Waals surface area (Å²) in [7, 11) is 2.14. The van der Waals surface area contributed by atoms with Gasteiger partial charge in [0.1, 0.15) is 25.6 Å². The van der Waals surface area contributed by atoms with Gasteiger partial charge in [0.05, 0.1) is 5.41 Å². The second kappa shape index (κ2) is 4.09. The van der Waals surface area contributed by atoms with Crippen molar-refractivity contribution in [3.05, 3.63) is 47.5 Å². The van der Waals surface area contributed by atoms with E-state index in [9.17, 15) is 0 Å². The monoisotopic (exact) mass is 295 g/mol. The number of rotatable bonds is 0. The van der Waals surface area contributed by atoms with Crippen molar-refractivity contribution < 1.29 is 14.2 Å². The summed E-state index contributed by atoms with van der Waals surface area (Å²) >= 11 is 0. The van der Waals surface area contributed by atoms with E-state index in [1.54, 1.807) is 0 Å². The van der Waals surface area contributed by atoms with Crippen LogP contribution in [0.1, 0.15) is 11.1 Å². The van der Waals surface area contributed by atoms with Crippen molar-refractivity contribution in [3.63, 3.8) is 0 Å². The number of hydrogen-bond donors (Lipinski definition) is 0. The van der Waals surface area contributed by atoms with E-state index in [0.717, 1.165) is 23.8 Å². The Bertz CT molecular complexity index is 773. The molecule has 22 heavy (non-hydrogen) atoms. The third-order valence-corrected chi connectivity index (χ3v) is 4.97. The van der Waals surface area contributed by atoms with Gasteiger partial charge in [0.25, 0.3) is 0 Å². The van der Waals surface area contributed by atoms with Gasteiger partial charge in [-0.1, -0.05) is 18.2 Å². The molecule has 0 fully saturated rings. The Hall–Kier alpha value is -2.36. The Kier molecular flexibility index (Phi) is 2.27. The maximum atomic E-state index is 6.05. The predicted molar refractivity (Wildman–Crippen MR) is 83.4 cm³/mol. The van der Waals surface area contributed by atoms with Gasteiger partial charge in [-0.05, 0) is 17.7 Å². The van der Waals surface area contributed by atoms with Gasteiger partial charge in [0.15, 0.2) is 11.5 Å². The van der Waals surface area contributed by atoms with E-state index in [4.69, 9.17) is 14.2 Å². The number of likely N-dealkylation sites (N-methyl/N-ethyl adjacent to an activating group) is 1. The quantitative estimate of drug-likeness (QED) is 0.747. The molecule has 4 nitrogen and oxygen atoms in total. The highest BCUT2D eigenvalue weighted by Crippen LogP contribution is 2.53. The van der Waals surface area contributed by atoms with Crippen molar-refractivity contribution in [2.45, 2.75) is 5.41 Å². The molecule has 1 unspecified atom stereocenters. The summed E-state index contributed by atoms with van der Waals surface area (Å²) in [6, 6.07) is 12.7. The van der Waals surface area contributed by atoms with E-state index in [2.05, 4.69) is 42.3 Å². The van der Waals surface area contributed by atoms with Crippen LogP contribution in [0.3, 0.4) is 0 Å². The summed E-state index contributed by atoms with van der Waals surface area (Å²) in [5.41, 5.74) is 3.74. The lowest BCUT2D eigenvalue weighted by Crippen LogP contribution is -2.34. The van der Waals surface area contributed by atoms with Crippen molar-refractivity contribution in [3.8, 4) is 17.2 Å². The number of anilines is 1. The van der Waals surface area contributed by atoms with Gasteiger partial charge < -0.3 is 19.1 Å². The molecule has 3 heterocycles. The molecule has 0 aliphatic carbocycles. The largest absolute Gasteiger partial charge is 0.492 e. The Morgan fingerprint density at radius 3 is 2.55 bits per heavy atom. The lowest BCUT2D eigenvalue weighted by Gasteiger charge is -2.25. The Morgan fingerprint density at radius 2 is 1.68 bits per heavy atom. The lowest BCUT2D eigenvalue weighted by atomic mass is 9.77. The molecule has 3 aliphatic rings. The molecule has 0 N–H and O–H groups in total. The second-order valence-corrected chi connectivity index (χ2v) is 6.24. The molecule has 0 saturated carbocycles. The van der Waals surface area contributed by atoms with Crippen molar-refractivity contribution in [2.75, 3.05) is 38.3 Å². The first-order valence-electron chi connectivity index (χ1n) is 7.65. The molecule has 1 atom stereocenters. The predicted octanol–water partition coefficient (Wildman–Crippen LogP) is 2.59. The van der Waals surface area contributed by atoms with Gasteiger partial charge in [0.2, 0.25) is 0 Å². The van der Waals surface area contributed by atoms with Gasteiger partial charge >= 0.3 is 0 Å². The summed E-state index contributed by atoms with van der Waals surface area (Å²) in [6.45, 7) is 2.81. The Morgan fingerprint density at radius 1 is 0.909 bits per heavy atom. The highest BCUT2D eigenvalue weighted by molar-refractivity contribution is 5.70. The van der Waals surface area contributed by atoms with E-state index < -0.39 is 0 Å². The van der Waals surface area contributed by atoms with E-state index >= 15 is 0 Å². The normalized spacial score (nSPS) is 24.1. The zero-order valence-corrected chi connectivity index (χ0v) is 12.5. The highest BCUT2D eigenvalue weighted by Gasteiger charge is 2.49. The maximum Gasteiger partial charge on any atom is 0.165 e. The summed E-state index contributed by atoms with van der Waals surface area (Å²) in [5, 5.41) is 0. The van der Waals surface area contributed by atoms with Gasteiger partial charge in [-0.2, -0.15) is 0 Å². The van der Waals surface area contributed by atoms with E-state index in [1.807, 2.05) is 6.07 Å². The third kappa shape index (κ3) is 1.42. The summed E-state index contributed by atoms with van der Waals surface area (Å²) in [4.78, 5) is 2.31. The number of para-hydroxylation sites is 1. The number of fused-ring (bicyclic) bond motifs is 5. The van der Waals surface area contributed by atoms with Crippen LogP contribution >= 0.6 is 0 Å². The van der Waals surface area contributed by atoms with Crippen LogP contribution in [-0.4, -0.2) is 33.4 Å². The van der Waals surface area contributed by atoms with Crippen LogP contribution in [0, 0.1) is 0 Å². The molecule has 112 valence electrons. The van der Waals surface area contributed by atoms with Crippen LogP contribution < -0.4 is 19.1 Å². The molecular formula is C18H17NO3. The smallest absolute Gasteiger partial charge is 0.165 e. The summed E-state index contributed by atoms with van der Waals surface area (Å²) in [6.07, 6.45) is 0. The minimum atomic E-state index is -0.101. The standard InChI is InChI=1S/C18H17NO3/c1-19-10-18(12-4-2-3-5-14(12)19)11-22-15-9-17-16(8-13(15)18)20-6-7-21-17/h2-5,8-9H,6-7,10-11H2,1H3. The SMILES string of the molecule is CN1CC2(COc3cc4c(cc32)OCCO4)c2ccccc21. The first-order chi connectivity index (χ1) is 10.8. The minimum absolute atomic E-state index is 0.101. The average molecular weight is 295 g/mol. The third-order valence-electron chi connectivity index (χ3n) is 4.97. The molecule has 0 aromatic heterocycles. The summed E-state index contributed by atoms with van der Waals surface area (Å²) < 4.78 is 17.5. The van der Waals surface area contributed by atoms with E-state index in [0.29, 0.717) is 19.8 Å². The molecule has 0 bridgehead atoms. The first kappa shape index (κ1) is 12.2. The number of hydrogen-bond acceptors (Lipinski definition) is 4. The molecule has 2 aromatic carbocycles. The number of benzene rings is 2. The van der Waals surface area contributed by atoms with Crippen LogP contribution in [0.4, 0.5) is 5.69 Å². The molecule has 2 aromatic rings. The fraction of sp³-hybridized carbons (Fsp3) is 0.333. The van der Waals surface area contributed by atoms with Crippen LogP contribution in [0.2, 0.25) is 0 Å². The first-order valence-corrected chi connectivity index (χ1v) is 7.65. The molecule has 0 amide bonds. The van der Waals surface area contributed by atoms with Crippen molar-refractivity contribution >= 4 is 5.69 Å². The molecule has 4 heteroatoms. The molecular weight excluding hydrogens is 278 g/mol. The molecule has 0 saturated heterocycles. The van der Waals surface area contributed by atoms with Crippen molar-refractivity contribution in [1.82, 2.24) is 0 Å². The Labute approximate surface area is 129 Å². The van der Waals surface area contributed by atoms with Crippen molar-refractivity contribution in [1.29, 1.82) is 0 Å². The minimum Gasteiger partial charge on any atom is -0.492 e. The average Bonchev–Trinajstić information content (AvgIpc) is 3.05. The molecule has 5 rings (SSSR count). The highest BCUT2D eigenvalue weighted by atomic mass is 16.6. The summed E-state index contributed by atoms with van der Waals surface area (Å²) in [5.74, 6) is 2.55. The number of nitrogens with zero attached hydrogens (tertiary/aromatic N) is 1. The van der Waals surface area contributed by atoms with Crippen LogP contribution in [0.5, 0.6) is 17.2 Å². The van der Waals surface area contributed by atoms with Crippen LogP contribution in [0.25, 0.3) is 0 Å². The fourth-order valence-electron chi connectivity index (χ4n) is 3.98. The number of ether oxygens (including phenoxy) is 3. The van der Waals surface area contributed by atoms with E-state index in [-0.39, 0.29) is 5.41 Å². The van der Waals surface area contributed by atoms with Crippen LogP contribution in [0.15, 0.2) is 36.4 Å². The van der Waals surface area contributed by atoms with Gasteiger partial charge in [0, 0.05) is 30.9 Å². The van der Waals surface area contributed by atoms with Gasteiger partial charge in [-0.3, -0.25) is 0 Å². The topological polar surface area (TPSA) is 30.9 Å². The van der Waals surface area contributed by atoms with Gasteiger partial charge in [-0.15, -0.1) is 0 Å². The van der Waals surface area contributed by atoms with Crippen molar-refractivity contribution in [2.24, 2.45) is 0 Å². The van der Waals surface area contributed by atoms with Gasteiger partial charge in [-0.25, -0.2) is 0 Å². The Balaban J connectivity index is 1.72. The zero-order chi connectivity index (χ0) is 14.7. The maximum absolute atomic E-state index is 6.05. The molecule has 1 spiro atoms. The fourth-order valence-corrected chi connectivity index (χ4v) is 3.98. The van der Waals surface area contributed by atoms with E-state index in [1.165, 1.54) is 16.8 Å². The lowest BCUT2D eigenvalue weighted by molar-refractivity contribution is 0.171. The molecule has 0 radical (unpaired) electrons. The van der Waals surface area contributed by atoms with Crippen LogP contribution in [-0.2, 0) is 5.41 Å². The molecule has 3 aliphatic heterocycles.